The summed E-state index contributed by atoms with van der Waals surface area (Å²) >= 11 is 0. The first-order valence-corrected chi connectivity index (χ1v) is 5.20. The highest BCUT2D eigenvalue weighted by atomic mass is 16.6. The van der Waals surface area contributed by atoms with Crippen LogP contribution < -0.4 is 0 Å². The molecule has 0 amide bonds. The maximum Gasteiger partial charge on any atom is 0.122 e. The fourth-order valence-electron chi connectivity index (χ4n) is 2.18. The number of aliphatic hydroxyl groups is 2. The van der Waals surface area contributed by atoms with Crippen molar-refractivity contribution >= 4 is 0 Å². The molecule has 0 aliphatic heterocycles. The van der Waals surface area contributed by atoms with E-state index in [0.29, 0.717) is 13.2 Å². The van der Waals surface area contributed by atoms with Crippen LogP contribution in [0, 0.1) is 0 Å². The van der Waals surface area contributed by atoms with Crippen molar-refractivity contribution in [2.24, 2.45) is 0 Å². The summed E-state index contributed by atoms with van der Waals surface area (Å²) in [4.78, 5) is 0. The van der Waals surface area contributed by atoms with Crippen LogP contribution in [0.4, 0.5) is 0 Å². The Balaban J connectivity index is 2.75. The van der Waals surface area contributed by atoms with E-state index < -0.39 is 11.2 Å². The van der Waals surface area contributed by atoms with Crippen LogP contribution in [0.2, 0.25) is 0 Å². The zero-order valence-electron chi connectivity index (χ0n) is 8.95. The Labute approximate surface area is 84.8 Å². The molecule has 1 aliphatic rings. The molecule has 4 heteroatoms. The van der Waals surface area contributed by atoms with Gasteiger partial charge in [0.25, 0.3) is 0 Å². The molecular formula is C10H20O4. The van der Waals surface area contributed by atoms with E-state index in [1.54, 1.807) is 0 Å². The van der Waals surface area contributed by atoms with Crippen molar-refractivity contribution in [1.82, 2.24) is 0 Å². The minimum Gasteiger partial charge on any atom is -0.393 e. The van der Waals surface area contributed by atoms with Crippen LogP contribution in [0.5, 0.6) is 0 Å². The van der Waals surface area contributed by atoms with E-state index in [2.05, 4.69) is 0 Å². The molecule has 1 fully saturated rings. The Bertz CT molecular complexity index is 157. The van der Waals surface area contributed by atoms with Gasteiger partial charge in [0.15, 0.2) is 0 Å². The van der Waals surface area contributed by atoms with Gasteiger partial charge < -0.3 is 19.7 Å². The first kappa shape index (κ1) is 11.9. The zero-order valence-corrected chi connectivity index (χ0v) is 8.95. The Morgan fingerprint density at radius 3 is 1.43 bits per heavy atom. The summed E-state index contributed by atoms with van der Waals surface area (Å²) in [6.07, 6.45) is 1.50. The third-order valence-corrected chi connectivity index (χ3v) is 3.12. The lowest BCUT2D eigenvalue weighted by Crippen LogP contribution is -2.69. The monoisotopic (exact) mass is 204 g/mol. The van der Waals surface area contributed by atoms with Gasteiger partial charge in [0.1, 0.15) is 11.2 Å². The smallest absolute Gasteiger partial charge is 0.122 e. The summed E-state index contributed by atoms with van der Waals surface area (Å²) in [5, 5.41) is 18.7. The van der Waals surface area contributed by atoms with Crippen LogP contribution in [-0.2, 0) is 9.47 Å². The lowest BCUT2D eigenvalue weighted by molar-refractivity contribution is -0.289. The van der Waals surface area contributed by atoms with Gasteiger partial charge in [-0.3, -0.25) is 0 Å². The largest absolute Gasteiger partial charge is 0.393 e. The van der Waals surface area contributed by atoms with Crippen LogP contribution >= 0.6 is 0 Å². The van der Waals surface area contributed by atoms with E-state index in [1.807, 2.05) is 13.8 Å². The van der Waals surface area contributed by atoms with Crippen LogP contribution in [-0.4, -0.2) is 47.8 Å². The van der Waals surface area contributed by atoms with E-state index >= 15 is 0 Å². The third-order valence-electron chi connectivity index (χ3n) is 3.12. The van der Waals surface area contributed by atoms with Crippen LogP contribution in [0.1, 0.15) is 26.7 Å². The van der Waals surface area contributed by atoms with Crippen LogP contribution in [0.25, 0.3) is 0 Å². The fraction of sp³-hybridized carbons (Fsp3) is 1.00. The molecule has 2 unspecified atom stereocenters. The van der Waals surface area contributed by atoms with Gasteiger partial charge in [-0.15, -0.1) is 0 Å². The number of hydrogen-bond acceptors (Lipinski definition) is 4. The summed E-state index contributed by atoms with van der Waals surface area (Å²) in [7, 11) is 0. The van der Waals surface area contributed by atoms with Gasteiger partial charge in [-0.1, -0.05) is 0 Å². The van der Waals surface area contributed by atoms with E-state index in [4.69, 9.17) is 9.47 Å². The summed E-state index contributed by atoms with van der Waals surface area (Å²) in [6, 6.07) is 0. The molecule has 0 aromatic heterocycles. The molecule has 1 aliphatic carbocycles. The van der Waals surface area contributed by atoms with Crippen molar-refractivity contribution in [1.29, 1.82) is 0 Å². The normalized spacial score (nSPS) is 36.9. The zero-order chi connectivity index (χ0) is 10.7. The molecule has 4 nitrogen and oxygen atoms in total. The van der Waals surface area contributed by atoms with Gasteiger partial charge in [0.05, 0.1) is 13.2 Å². The second-order valence-electron chi connectivity index (χ2n) is 3.67. The highest BCUT2D eigenvalue weighted by Gasteiger charge is 2.60. The Morgan fingerprint density at radius 1 is 0.929 bits per heavy atom. The summed E-state index contributed by atoms with van der Waals surface area (Å²) in [5.41, 5.74) is -1.38. The third kappa shape index (κ3) is 1.56. The maximum absolute atomic E-state index is 9.34. The van der Waals surface area contributed by atoms with Gasteiger partial charge in [0, 0.05) is 13.2 Å². The van der Waals surface area contributed by atoms with Gasteiger partial charge in [-0.25, -0.2) is 0 Å². The van der Waals surface area contributed by atoms with Gasteiger partial charge in [0.2, 0.25) is 0 Å². The van der Waals surface area contributed by atoms with Crippen molar-refractivity contribution in [2.45, 2.75) is 37.9 Å². The second-order valence-corrected chi connectivity index (χ2v) is 3.67. The van der Waals surface area contributed by atoms with Crippen molar-refractivity contribution in [3.63, 3.8) is 0 Å². The van der Waals surface area contributed by atoms with Crippen LogP contribution in [0.15, 0.2) is 0 Å². The Morgan fingerprint density at radius 2 is 1.29 bits per heavy atom. The number of rotatable bonds is 6. The molecule has 0 spiro atoms. The predicted octanol–water partition coefficient (Wildman–Crippen LogP) is 0.315. The van der Waals surface area contributed by atoms with Crippen molar-refractivity contribution in [2.75, 3.05) is 26.4 Å². The number of hydrogen-bond donors (Lipinski definition) is 2. The molecule has 1 saturated carbocycles. The SMILES string of the molecule is CCOC1(CO)CCC1(CO)OCC. The van der Waals surface area contributed by atoms with E-state index in [0.717, 1.165) is 12.8 Å². The fourth-order valence-corrected chi connectivity index (χ4v) is 2.18. The van der Waals surface area contributed by atoms with Gasteiger partial charge in [-0.05, 0) is 26.7 Å². The summed E-state index contributed by atoms with van der Waals surface area (Å²) < 4.78 is 11.1. The second kappa shape index (κ2) is 4.57. The molecule has 2 N–H and O–H groups in total. The molecule has 0 saturated heterocycles. The lowest BCUT2D eigenvalue weighted by Gasteiger charge is -2.56. The number of ether oxygens (including phenoxy) is 2. The average molecular weight is 204 g/mol. The molecule has 0 radical (unpaired) electrons. The van der Waals surface area contributed by atoms with Crippen molar-refractivity contribution < 1.29 is 19.7 Å². The molecule has 0 aromatic rings. The standard InChI is InChI=1S/C10H20O4/c1-3-13-9(7-11)5-6-10(9,8-12)14-4-2/h11-12H,3-8H2,1-2H3. The summed E-state index contributed by atoms with van der Waals surface area (Å²) in [6.45, 7) is 4.61. The van der Waals surface area contributed by atoms with E-state index in [1.165, 1.54) is 0 Å². The molecule has 0 bridgehead atoms. The van der Waals surface area contributed by atoms with Crippen LogP contribution in [0.3, 0.4) is 0 Å². The number of aliphatic hydroxyl groups excluding tert-OH is 2. The molecule has 0 aromatic carbocycles. The minimum atomic E-state index is -0.688. The van der Waals surface area contributed by atoms with E-state index in [-0.39, 0.29) is 13.2 Å². The maximum atomic E-state index is 9.34. The predicted molar refractivity (Wildman–Crippen MR) is 52.1 cm³/mol. The first-order valence-electron chi connectivity index (χ1n) is 5.20. The summed E-state index contributed by atoms with van der Waals surface area (Å²) in [5.74, 6) is 0. The topological polar surface area (TPSA) is 58.9 Å². The molecule has 0 heterocycles. The lowest BCUT2D eigenvalue weighted by atomic mass is 9.65. The van der Waals surface area contributed by atoms with Gasteiger partial charge in [-0.2, -0.15) is 0 Å². The van der Waals surface area contributed by atoms with Gasteiger partial charge >= 0.3 is 0 Å². The van der Waals surface area contributed by atoms with Crippen molar-refractivity contribution in [3.8, 4) is 0 Å². The highest BCUT2D eigenvalue weighted by molar-refractivity contribution is 5.11. The molecule has 2 atom stereocenters. The van der Waals surface area contributed by atoms with Crippen molar-refractivity contribution in [3.05, 3.63) is 0 Å². The average Bonchev–Trinajstić information content (AvgIpc) is 2.20. The molecular weight excluding hydrogens is 184 g/mol. The molecule has 1 rings (SSSR count). The molecule has 84 valence electrons. The van der Waals surface area contributed by atoms with E-state index in [9.17, 15) is 10.2 Å². The quantitative estimate of drug-likeness (QED) is 0.654. The minimum absolute atomic E-state index is 0.0958. The molecule has 14 heavy (non-hydrogen) atoms. The first-order chi connectivity index (χ1) is 6.70. The Hall–Kier alpha value is -0.160. The Kier molecular flexibility index (Phi) is 3.89. The highest BCUT2D eigenvalue weighted by Crippen LogP contribution is 2.47.